The summed E-state index contributed by atoms with van der Waals surface area (Å²) in [4.78, 5) is 4.22. The van der Waals surface area contributed by atoms with Crippen molar-refractivity contribution in [2.45, 2.75) is 38.1 Å². The van der Waals surface area contributed by atoms with Crippen molar-refractivity contribution in [3.63, 3.8) is 0 Å². The third-order valence-corrected chi connectivity index (χ3v) is 4.12. The van der Waals surface area contributed by atoms with Gasteiger partial charge in [0.05, 0.1) is 17.9 Å². The van der Waals surface area contributed by atoms with E-state index in [1.807, 2.05) is 23.1 Å². The molecule has 4 nitrogen and oxygen atoms in total. The summed E-state index contributed by atoms with van der Waals surface area (Å²) in [7, 11) is 2.05. The molecule has 1 unspecified atom stereocenters. The fourth-order valence-electron chi connectivity index (χ4n) is 3.21. The van der Waals surface area contributed by atoms with Crippen LogP contribution in [0.4, 0.5) is 0 Å². The molecule has 0 spiro atoms. The predicted molar refractivity (Wildman–Crippen MR) is 71.4 cm³/mol. The zero-order chi connectivity index (χ0) is 12.4. The van der Waals surface area contributed by atoms with Crippen molar-refractivity contribution < 1.29 is 0 Å². The molecule has 2 aromatic rings. The Hall–Kier alpha value is -1.42. The van der Waals surface area contributed by atoms with Gasteiger partial charge in [0.2, 0.25) is 0 Å². The number of nitrogens with one attached hydrogen (secondary N) is 1. The van der Waals surface area contributed by atoms with Gasteiger partial charge in [0.25, 0.3) is 0 Å². The van der Waals surface area contributed by atoms with Gasteiger partial charge in [-0.3, -0.25) is 4.98 Å². The van der Waals surface area contributed by atoms with Gasteiger partial charge in [0, 0.05) is 24.0 Å². The molecule has 4 heteroatoms. The summed E-state index contributed by atoms with van der Waals surface area (Å²) in [6.07, 6.45) is 14.4. The Labute approximate surface area is 107 Å². The lowest BCUT2D eigenvalue weighted by molar-refractivity contribution is 0.283. The molecule has 96 valence electrons. The van der Waals surface area contributed by atoms with Gasteiger partial charge in [0.15, 0.2) is 0 Å². The summed E-state index contributed by atoms with van der Waals surface area (Å²) in [5.41, 5.74) is 2.42. The fraction of sp³-hybridized carbons (Fsp3) is 0.571. The van der Waals surface area contributed by atoms with E-state index in [2.05, 4.69) is 22.4 Å². The Balaban J connectivity index is 1.95. The molecule has 0 amide bonds. The van der Waals surface area contributed by atoms with E-state index in [4.69, 9.17) is 0 Å². The molecule has 1 aliphatic rings. The Kier molecular flexibility index (Phi) is 3.28. The number of hydrogen-bond acceptors (Lipinski definition) is 3. The van der Waals surface area contributed by atoms with Gasteiger partial charge in [-0.25, -0.2) is 4.52 Å². The monoisotopic (exact) mass is 244 g/mol. The smallest absolute Gasteiger partial charge is 0.0892 e. The van der Waals surface area contributed by atoms with Crippen molar-refractivity contribution in [2.75, 3.05) is 7.05 Å². The summed E-state index contributed by atoms with van der Waals surface area (Å²) < 4.78 is 1.91. The Morgan fingerprint density at radius 3 is 2.89 bits per heavy atom. The first-order valence-corrected chi connectivity index (χ1v) is 6.84. The predicted octanol–water partition coefficient (Wildman–Crippen LogP) is 2.57. The van der Waals surface area contributed by atoms with Crippen molar-refractivity contribution in [1.82, 2.24) is 19.9 Å². The molecule has 1 atom stereocenters. The topological polar surface area (TPSA) is 42.2 Å². The van der Waals surface area contributed by atoms with Gasteiger partial charge < -0.3 is 5.32 Å². The maximum absolute atomic E-state index is 4.42. The summed E-state index contributed by atoms with van der Waals surface area (Å²) in [6.45, 7) is 0. The number of fused-ring (bicyclic) bond motifs is 1. The summed E-state index contributed by atoms with van der Waals surface area (Å²) >= 11 is 0. The summed E-state index contributed by atoms with van der Waals surface area (Å²) in [5, 5.41) is 7.90. The van der Waals surface area contributed by atoms with Gasteiger partial charge in [-0.1, -0.05) is 19.3 Å². The average Bonchev–Trinajstić information content (AvgIpc) is 2.85. The standard InChI is InChI=1S/C14H20N4/c1-15-14(11-5-3-2-4-6-11)12-9-17-18-8-7-16-10-13(12)18/h7-11,14-15H,2-6H2,1H3. The number of rotatable bonds is 3. The van der Waals surface area contributed by atoms with E-state index in [0.717, 1.165) is 11.4 Å². The minimum atomic E-state index is 0.409. The molecule has 2 heterocycles. The third-order valence-electron chi connectivity index (χ3n) is 4.12. The first-order chi connectivity index (χ1) is 8.90. The van der Waals surface area contributed by atoms with Crippen LogP contribution < -0.4 is 5.32 Å². The van der Waals surface area contributed by atoms with Crippen molar-refractivity contribution in [3.05, 3.63) is 30.4 Å². The second-order valence-electron chi connectivity index (χ2n) is 5.17. The van der Waals surface area contributed by atoms with Crippen molar-refractivity contribution in [2.24, 2.45) is 5.92 Å². The van der Waals surface area contributed by atoms with E-state index in [1.54, 1.807) is 6.20 Å². The maximum Gasteiger partial charge on any atom is 0.0892 e. The quantitative estimate of drug-likeness (QED) is 0.902. The van der Waals surface area contributed by atoms with Crippen LogP contribution in [0.3, 0.4) is 0 Å². The van der Waals surface area contributed by atoms with Crippen LogP contribution >= 0.6 is 0 Å². The third kappa shape index (κ3) is 2.01. The normalized spacial score (nSPS) is 19.2. The highest BCUT2D eigenvalue weighted by Gasteiger charge is 2.26. The van der Waals surface area contributed by atoms with E-state index in [9.17, 15) is 0 Å². The molecule has 1 aliphatic carbocycles. The number of nitrogens with zero attached hydrogens (tertiary/aromatic N) is 3. The van der Waals surface area contributed by atoms with Crippen LogP contribution in [0.1, 0.15) is 43.7 Å². The second kappa shape index (κ2) is 5.06. The van der Waals surface area contributed by atoms with Crippen molar-refractivity contribution >= 4 is 5.52 Å². The molecule has 0 radical (unpaired) electrons. The van der Waals surface area contributed by atoms with Crippen LogP contribution in [0.5, 0.6) is 0 Å². The largest absolute Gasteiger partial charge is 0.313 e. The number of aromatic nitrogens is 3. The summed E-state index contributed by atoms with van der Waals surface area (Å²) in [5.74, 6) is 0.733. The van der Waals surface area contributed by atoms with E-state index in [1.165, 1.54) is 37.7 Å². The Morgan fingerprint density at radius 1 is 1.28 bits per heavy atom. The van der Waals surface area contributed by atoms with Crippen molar-refractivity contribution in [1.29, 1.82) is 0 Å². The van der Waals surface area contributed by atoms with Crippen molar-refractivity contribution in [3.8, 4) is 0 Å². The SMILES string of the molecule is CNC(c1cnn2ccncc12)C1CCCCC1. The van der Waals surface area contributed by atoms with Crippen LogP contribution in [0.25, 0.3) is 5.52 Å². The molecular weight excluding hydrogens is 224 g/mol. The van der Waals surface area contributed by atoms with Crippen LogP contribution in [0.15, 0.2) is 24.8 Å². The lowest BCUT2D eigenvalue weighted by Crippen LogP contribution is -2.26. The van der Waals surface area contributed by atoms with Gasteiger partial charge in [-0.2, -0.15) is 5.10 Å². The second-order valence-corrected chi connectivity index (χ2v) is 5.17. The van der Waals surface area contributed by atoms with Gasteiger partial charge in [-0.05, 0) is 25.8 Å². The lowest BCUT2D eigenvalue weighted by Gasteiger charge is -2.29. The highest BCUT2D eigenvalue weighted by molar-refractivity contribution is 5.53. The highest BCUT2D eigenvalue weighted by Crippen LogP contribution is 2.35. The molecule has 2 aromatic heterocycles. The van der Waals surface area contributed by atoms with Gasteiger partial charge in [0.1, 0.15) is 0 Å². The zero-order valence-electron chi connectivity index (χ0n) is 10.8. The molecule has 0 aliphatic heterocycles. The van der Waals surface area contributed by atoms with Crippen LogP contribution in [0, 0.1) is 5.92 Å². The molecule has 1 N–H and O–H groups in total. The molecule has 1 saturated carbocycles. The van der Waals surface area contributed by atoms with Crippen LogP contribution in [0.2, 0.25) is 0 Å². The van der Waals surface area contributed by atoms with E-state index < -0.39 is 0 Å². The van der Waals surface area contributed by atoms with E-state index in [-0.39, 0.29) is 0 Å². The Morgan fingerprint density at radius 2 is 2.11 bits per heavy atom. The molecule has 18 heavy (non-hydrogen) atoms. The van der Waals surface area contributed by atoms with E-state index >= 15 is 0 Å². The Bertz CT molecular complexity index is 513. The molecule has 3 rings (SSSR count). The lowest BCUT2D eigenvalue weighted by atomic mass is 9.81. The summed E-state index contributed by atoms with van der Waals surface area (Å²) in [6, 6.07) is 0.409. The maximum atomic E-state index is 4.42. The zero-order valence-corrected chi connectivity index (χ0v) is 10.8. The van der Waals surface area contributed by atoms with Gasteiger partial charge >= 0.3 is 0 Å². The van der Waals surface area contributed by atoms with Gasteiger partial charge in [-0.15, -0.1) is 0 Å². The number of hydrogen-bond donors (Lipinski definition) is 1. The van der Waals surface area contributed by atoms with Crippen LogP contribution in [-0.4, -0.2) is 21.6 Å². The molecule has 0 bridgehead atoms. The molecule has 0 aromatic carbocycles. The molecular formula is C14H20N4. The average molecular weight is 244 g/mol. The molecule has 0 saturated heterocycles. The molecule has 1 fully saturated rings. The first-order valence-electron chi connectivity index (χ1n) is 6.84. The minimum absolute atomic E-state index is 0.409. The van der Waals surface area contributed by atoms with Crippen LogP contribution in [-0.2, 0) is 0 Å². The highest BCUT2D eigenvalue weighted by atomic mass is 15.2. The first kappa shape index (κ1) is 11.7. The van der Waals surface area contributed by atoms with E-state index in [0.29, 0.717) is 6.04 Å². The fourth-order valence-corrected chi connectivity index (χ4v) is 3.21. The minimum Gasteiger partial charge on any atom is -0.313 e.